The number of rotatable bonds is 8. The molecule has 39 heavy (non-hydrogen) atoms. The number of fused-ring (bicyclic) bond motifs is 1. The number of hydrogen-bond acceptors (Lipinski definition) is 8. The number of carbonyl (C=O) groups is 1. The van der Waals surface area contributed by atoms with E-state index in [4.69, 9.17) is 6.42 Å². The lowest BCUT2D eigenvalue weighted by Crippen LogP contribution is -2.44. The first-order valence-electron chi connectivity index (χ1n) is 13.2. The van der Waals surface area contributed by atoms with Crippen LogP contribution >= 0.6 is 0 Å². The third-order valence-electron chi connectivity index (χ3n) is 7.46. The predicted octanol–water partition coefficient (Wildman–Crippen LogP) is 4.07. The average molecular weight is 548 g/mol. The third-order valence-corrected chi connectivity index (χ3v) is 8.54. The largest absolute Gasteiger partial charge is 0.372 e. The van der Waals surface area contributed by atoms with Crippen LogP contribution in [-0.4, -0.2) is 60.5 Å². The van der Waals surface area contributed by atoms with Crippen LogP contribution in [0.4, 0.5) is 27.9 Å². The second-order valence-corrected chi connectivity index (χ2v) is 12.8. The second kappa shape index (κ2) is 11.1. The van der Waals surface area contributed by atoms with Gasteiger partial charge in [-0.3, -0.25) is 5.32 Å². The SMILES string of the molecule is C#Cc1cc(NC(=O)NC2CCCC2)nc2nc(Nc3cccc(N(C)C4CC(CS(C)(=O)=O)C4)c3)ncc12. The number of nitrogens with one attached hydrogen (secondary N) is 3. The van der Waals surface area contributed by atoms with Crippen LogP contribution in [0.5, 0.6) is 0 Å². The van der Waals surface area contributed by atoms with E-state index >= 15 is 0 Å². The topological polar surface area (TPSA) is 129 Å². The minimum atomic E-state index is -2.96. The number of carbonyl (C=O) groups excluding carboxylic acids is 1. The van der Waals surface area contributed by atoms with Crippen molar-refractivity contribution in [1.82, 2.24) is 20.3 Å². The summed E-state index contributed by atoms with van der Waals surface area (Å²) >= 11 is 0. The third kappa shape index (κ3) is 6.57. The van der Waals surface area contributed by atoms with E-state index in [-0.39, 0.29) is 23.7 Å². The Hall–Kier alpha value is -3.91. The molecule has 2 fully saturated rings. The van der Waals surface area contributed by atoms with E-state index in [1.807, 2.05) is 31.3 Å². The van der Waals surface area contributed by atoms with E-state index in [0.717, 1.165) is 49.9 Å². The Balaban J connectivity index is 1.28. The fourth-order valence-corrected chi connectivity index (χ4v) is 6.51. The van der Waals surface area contributed by atoms with Gasteiger partial charge in [0.15, 0.2) is 5.65 Å². The van der Waals surface area contributed by atoms with Crippen molar-refractivity contribution in [2.45, 2.75) is 50.6 Å². The first-order valence-corrected chi connectivity index (χ1v) is 15.2. The Kier molecular flexibility index (Phi) is 7.57. The van der Waals surface area contributed by atoms with Crippen molar-refractivity contribution < 1.29 is 13.2 Å². The van der Waals surface area contributed by atoms with E-state index in [2.05, 4.69) is 41.7 Å². The van der Waals surface area contributed by atoms with Crippen LogP contribution in [0.25, 0.3) is 11.0 Å². The highest BCUT2D eigenvalue weighted by Crippen LogP contribution is 2.35. The zero-order valence-electron chi connectivity index (χ0n) is 22.1. The first kappa shape index (κ1) is 26.7. The fraction of sp³-hybridized carbons (Fsp3) is 0.429. The van der Waals surface area contributed by atoms with Gasteiger partial charge in [0, 0.05) is 48.5 Å². The highest BCUT2D eigenvalue weighted by molar-refractivity contribution is 7.90. The molecular formula is C28H33N7O3S. The minimum absolute atomic E-state index is 0.184. The molecule has 2 amide bonds. The summed E-state index contributed by atoms with van der Waals surface area (Å²) in [4.78, 5) is 28.1. The summed E-state index contributed by atoms with van der Waals surface area (Å²) in [6, 6.07) is 9.71. The monoisotopic (exact) mass is 547 g/mol. The highest BCUT2D eigenvalue weighted by atomic mass is 32.2. The number of aromatic nitrogens is 3. The molecule has 0 saturated heterocycles. The zero-order valence-corrected chi connectivity index (χ0v) is 23.0. The fourth-order valence-electron chi connectivity index (χ4n) is 5.38. The molecule has 11 heteroatoms. The summed E-state index contributed by atoms with van der Waals surface area (Å²) in [5, 5.41) is 9.62. The van der Waals surface area contributed by atoms with Gasteiger partial charge in [-0.2, -0.15) is 4.98 Å². The second-order valence-electron chi connectivity index (χ2n) is 10.6. The molecule has 3 aromatic rings. The Bertz CT molecular complexity index is 1520. The maximum Gasteiger partial charge on any atom is 0.320 e. The van der Waals surface area contributed by atoms with Crippen LogP contribution in [0, 0.1) is 18.3 Å². The van der Waals surface area contributed by atoms with Gasteiger partial charge < -0.3 is 15.5 Å². The molecule has 0 unspecified atom stereocenters. The van der Waals surface area contributed by atoms with Gasteiger partial charge in [0.05, 0.1) is 11.1 Å². The summed E-state index contributed by atoms with van der Waals surface area (Å²) in [6.07, 6.45) is 14.6. The Morgan fingerprint density at radius 2 is 1.95 bits per heavy atom. The molecular weight excluding hydrogens is 514 g/mol. The Morgan fingerprint density at radius 1 is 1.18 bits per heavy atom. The molecule has 0 aliphatic heterocycles. The van der Waals surface area contributed by atoms with Crippen LogP contribution < -0.4 is 20.9 Å². The highest BCUT2D eigenvalue weighted by Gasteiger charge is 2.34. The molecule has 2 aliphatic carbocycles. The smallest absolute Gasteiger partial charge is 0.320 e. The number of nitrogens with zero attached hydrogens (tertiary/aromatic N) is 4. The number of urea groups is 1. The number of terminal acetylenes is 1. The molecule has 5 rings (SSSR count). The minimum Gasteiger partial charge on any atom is -0.372 e. The summed E-state index contributed by atoms with van der Waals surface area (Å²) in [5.74, 6) is 3.77. The predicted molar refractivity (Wildman–Crippen MR) is 154 cm³/mol. The van der Waals surface area contributed by atoms with Gasteiger partial charge in [-0.15, -0.1) is 6.42 Å². The molecule has 0 bridgehead atoms. The quantitative estimate of drug-likeness (QED) is 0.360. The summed E-state index contributed by atoms with van der Waals surface area (Å²) < 4.78 is 23.2. The zero-order chi connectivity index (χ0) is 27.6. The number of amides is 2. The number of benzene rings is 1. The maximum atomic E-state index is 12.5. The van der Waals surface area contributed by atoms with Gasteiger partial charge >= 0.3 is 6.03 Å². The van der Waals surface area contributed by atoms with Crippen molar-refractivity contribution in [3.8, 4) is 12.3 Å². The van der Waals surface area contributed by atoms with Crippen molar-refractivity contribution in [3.05, 3.63) is 42.1 Å². The van der Waals surface area contributed by atoms with Gasteiger partial charge in [-0.05, 0) is 55.9 Å². The molecule has 2 aliphatic rings. The normalized spacial score (nSPS) is 19.2. The van der Waals surface area contributed by atoms with Crippen molar-refractivity contribution in [1.29, 1.82) is 0 Å². The number of sulfone groups is 1. The summed E-state index contributed by atoms with van der Waals surface area (Å²) in [7, 11) is -0.932. The molecule has 0 spiro atoms. The molecule has 204 valence electrons. The molecule has 3 N–H and O–H groups in total. The molecule has 0 radical (unpaired) electrons. The lowest BCUT2D eigenvalue weighted by molar-refractivity contribution is 0.248. The van der Waals surface area contributed by atoms with E-state index in [9.17, 15) is 13.2 Å². The summed E-state index contributed by atoms with van der Waals surface area (Å²) in [5.41, 5.74) is 2.73. The van der Waals surface area contributed by atoms with Crippen LogP contribution in [0.1, 0.15) is 44.1 Å². The van der Waals surface area contributed by atoms with Gasteiger partial charge in [-0.25, -0.2) is 23.2 Å². The van der Waals surface area contributed by atoms with Crippen molar-refractivity contribution >= 4 is 50.0 Å². The lowest BCUT2D eigenvalue weighted by atomic mass is 9.80. The van der Waals surface area contributed by atoms with Crippen LogP contribution in [-0.2, 0) is 9.84 Å². The van der Waals surface area contributed by atoms with Gasteiger partial charge in [0.25, 0.3) is 0 Å². The standard InChI is InChI=1S/C28H33N7O3S/c1-4-19-14-25(33-28(36)31-20-8-5-6-9-20)32-26-24(19)16-29-27(34-26)30-21-10-7-11-22(15-21)35(2)23-12-18(13-23)17-39(3,37)38/h1,7,10-11,14-16,18,20,23H,5-6,8-9,12-13,17H2,2-3H3,(H3,29,30,31,32,33,34,36). The number of pyridine rings is 1. The van der Waals surface area contributed by atoms with Crippen molar-refractivity contribution in [3.63, 3.8) is 0 Å². The van der Waals surface area contributed by atoms with E-state index < -0.39 is 9.84 Å². The molecule has 0 atom stereocenters. The Labute approximate surface area is 228 Å². The van der Waals surface area contributed by atoms with Gasteiger partial charge in [-0.1, -0.05) is 24.8 Å². The molecule has 2 heterocycles. The van der Waals surface area contributed by atoms with E-state index in [1.54, 1.807) is 12.3 Å². The van der Waals surface area contributed by atoms with E-state index in [1.165, 1.54) is 6.26 Å². The van der Waals surface area contributed by atoms with Gasteiger partial charge in [0.1, 0.15) is 15.7 Å². The van der Waals surface area contributed by atoms with Crippen LogP contribution in [0.15, 0.2) is 36.5 Å². The van der Waals surface area contributed by atoms with E-state index in [0.29, 0.717) is 34.4 Å². The number of hydrogen-bond donors (Lipinski definition) is 3. The molecule has 10 nitrogen and oxygen atoms in total. The molecule has 2 saturated carbocycles. The average Bonchev–Trinajstić information content (AvgIpc) is 3.37. The van der Waals surface area contributed by atoms with Gasteiger partial charge in [0.2, 0.25) is 5.95 Å². The lowest BCUT2D eigenvalue weighted by Gasteiger charge is -2.42. The molecule has 2 aromatic heterocycles. The van der Waals surface area contributed by atoms with Crippen molar-refractivity contribution in [2.75, 3.05) is 34.6 Å². The molecule has 1 aromatic carbocycles. The first-order chi connectivity index (χ1) is 18.7. The van der Waals surface area contributed by atoms with Crippen LogP contribution in [0.3, 0.4) is 0 Å². The number of anilines is 4. The van der Waals surface area contributed by atoms with Crippen LogP contribution in [0.2, 0.25) is 0 Å². The maximum absolute atomic E-state index is 12.5. The van der Waals surface area contributed by atoms with Crippen molar-refractivity contribution in [2.24, 2.45) is 5.92 Å². The summed E-state index contributed by atoms with van der Waals surface area (Å²) in [6.45, 7) is 0. The Morgan fingerprint density at radius 3 is 2.67 bits per heavy atom.